The van der Waals surface area contributed by atoms with Crippen LogP contribution in [0.4, 0.5) is 0 Å². The van der Waals surface area contributed by atoms with Crippen molar-refractivity contribution in [2.45, 2.75) is 20.8 Å². The number of ether oxygens (including phenoxy) is 1. The second-order valence-corrected chi connectivity index (χ2v) is 4.89. The Labute approximate surface area is 124 Å². The van der Waals surface area contributed by atoms with Gasteiger partial charge in [0.2, 0.25) is 0 Å². The molecule has 2 rings (SSSR count). The fourth-order valence-corrected chi connectivity index (χ4v) is 2.57. The first-order chi connectivity index (χ1) is 9.99. The number of benzene rings is 1. The van der Waals surface area contributed by atoms with E-state index in [9.17, 15) is 9.59 Å². The van der Waals surface area contributed by atoms with Crippen LogP contribution in [0.3, 0.4) is 0 Å². The molecule has 2 aromatic rings. The highest BCUT2D eigenvalue weighted by Crippen LogP contribution is 2.31. The van der Waals surface area contributed by atoms with E-state index < -0.39 is 5.97 Å². The topological polar surface area (TPSA) is 48.3 Å². The third-order valence-electron chi connectivity index (χ3n) is 3.57. The highest BCUT2D eigenvalue weighted by atomic mass is 16.5. The number of carbonyl (C=O) groups excluding carboxylic acids is 2. The average Bonchev–Trinajstić information content (AvgIpc) is 2.73. The van der Waals surface area contributed by atoms with Crippen LogP contribution in [0.25, 0.3) is 11.3 Å². The second kappa shape index (κ2) is 5.95. The van der Waals surface area contributed by atoms with Gasteiger partial charge in [0.1, 0.15) is 0 Å². The van der Waals surface area contributed by atoms with Gasteiger partial charge in [-0.25, -0.2) is 4.79 Å². The second-order valence-electron chi connectivity index (χ2n) is 4.89. The summed E-state index contributed by atoms with van der Waals surface area (Å²) in [5.41, 5.74) is 3.17. The maximum atomic E-state index is 12.3. The van der Waals surface area contributed by atoms with Crippen molar-refractivity contribution >= 4 is 11.8 Å². The lowest BCUT2D eigenvalue weighted by Crippen LogP contribution is -2.10. The zero-order chi connectivity index (χ0) is 15.6. The molecule has 0 fully saturated rings. The van der Waals surface area contributed by atoms with Crippen LogP contribution in [0.2, 0.25) is 0 Å². The van der Waals surface area contributed by atoms with Gasteiger partial charge < -0.3 is 9.30 Å². The first kappa shape index (κ1) is 15.0. The number of ketones is 1. The molecule has 110 valence electrons. The van der Waals surface area contributed by atoms with E-state index in [2.05, 4.69) is 0 Å². The predicted octanol–water partition coefficient (Wildman–Crippen LogP) is 3.38. The summed E-state index contributed by atoms with van der Waals surface area (Å²) in [4.78, 5) is 24.3. The van der Waals surface area contributed by atoms with Gasteiger partial charge in [0.05, 0.1) is 23.4 Å². The van der Waals surface area contributed by atoms with Gasteiger partial charge in [-0.05, 0) is 26.3 Å². The summed E-state index contributed by atoms with van der Waals surface area (Å²) in [5.74, 6) is -0.585. The SMILES string of the molecule is CCOC(=O)c1c(C(C)=O)c(C)n(C)c1-c1ccccc1. The largest absolute Gasteiger partial charge is 0.462 e. The Morgan fingerprint density at radius 2 is 1.76 bits per heavy atom. The van der Waals surface area contributed by atoms with Crippen LogP contribution in [0, 0.1) is 6.92 Å². The van der Waals surface area contributed by atoms with Crippen LogP contribution >= 0.6 is 0 Å². The molecule has 0 radical (unpaired) electrons. The van der Waals surface area contributed by atoms with E-state index in [1.165, 1.54) is 6.92 Å². The van der Waals surface area contributed by atoms with Crippen molar-refractivity contribution in [1.82, 2.24) is 4.57 Å². The molecule has 0 atom stereocenters. The Morgan fingerprint density at radius 3 is 2.29 bits per heavy atom. The maximum absolute atomic E-state index is 12.3. The van der Waals surface area contributed by atoms with Gasteiger partial charge in [0.15, 0.2) is 5.78 Å². The summed E-state index contributed by atoms with van der Waals surface area (Å²) in [6, 6.07) is 9.55. The van der Waals surface area contributed by atoms with Gasteiger partial charge in [0.25, 0.3) is 0 Å². The van der Waals surface area contributed by atoms with E-state index in [4.69, 9.17) is 4.74 Å². The zero-order valence-electron chi connectivity index (χ0n) is 12.8. The lowest BCUT2D eigenvalue weighted by atomic mass is 10.0. The number of nitrogens with zero attached hydrogens (tertiary/aromatic N) is 1. The molecule has 0 saturated carbocycles. The summed E-state index contributed by atoms with van der Waals surface area (Å²) >= 11 is 0. The lowest BCUT2D eigenvalue weighted by Gasteiger charge is -2.08. The van der Waals surface area contributed by atoms with Crippen LogP contribution < -0.4 is 0 Å². The summed E-state index contributed by atoms with van der Waals surface area (Å²) in [6.07, 6.45) is 0. The van der Waals surface area contributed by atoms with E-state index in [0.717, 1.165) is 17.0 Å². The van der Waals surface area contributed by atoms with Crippen molar-refractivity contribution in [3.63, 3.8) is 0 Å². The number of carbonyl (C=O) groups is 2. The van der Waals surface area contributed by atoms with Crippen LogP contribution in [0.15, 0.2) is 30.3 Å². The fraction of sp³-hybridized carbons (Fsp3) is 0.294. The standard InChI is InChI=1S/C17H19NO3/c1-5-21-17(20)15-14(12(3)19)11(2)18(4)16(15)13-9-7-6-8-10-13/h6-10H,5H2,1-4H3. The van der Waals surface area contributed by atoms with Crippen molar-refractivity contribution in [2.75, 3.05) is 6.61 Å². The van der Waals surface area contributed by atoms with Crippen molar-refractivity contribution in [3.05, 3.63) is 47.2 Å². The molecule has 4 heteroatoms. The summed E-state index contributed by atoms with van der Waals surface area (Å²) in [7, 11) is 1.85. The van der Waals surface area contributed by atoms with Crippen molar-refractivity contribution in [3.8, 4) is 11.3 Å². The fourth-order valence-electron chi connectivity index (χ4n) is 2.57. The molecule has 1 aromatic carbocycles. The van der Waals surface area contributed by atoms with E-state index in [-0.39, 0.29) is 12.4 Å². The van der Waals surface area contributed by atoms with Gasteiger partial charge in [-0.1, -0.05) is 30.3 Å². The van der Waals surface area contributed by atoms with E-state index in [1.54, 1.807) is 6.92 Å². The number of Topliss-reactive ketones (excluding diaryl/α,β-unsaturated/α-hetero) is 1. The molecule has 0 bridgehead atoms. The molecule has 0 unspecified atom stereocenters. The maximum Gasteiger partial charge on any atom is 0.341 e. The first-order valence-electron chi connectivity index (χ1n) is 6.91. The number of hydrogen-bond donors (Lipinski definition) is 0. The van der Waals surface area contributed by atoms with Crippen LogP contribution in [-0.4, -0.2) is 22.9 Å². The minimum Gasteiger partial charge on any atom is -0.462 e. The van der Waals surface area contributed by atoms with Gasteiger partial charge in [-0.3, -0.25) is 4.79 Å². The van der Waals surface area contributed by atoms with Gasteiger partial charge in [-0.15, -0.1) is 0 Å². The number of esters is 1. The Kier molecular flexibility index (Phi) is 4.26. The highest BCUT2D eigenvalue weighted by molar-refractivity contribution is 6.10. The molecule has 0 aliphatic carbocycles. The van der Waals surface area contributed by atoms with Gasteiger partial charge >= 0.3 is 5.97 Å². The highest BCUT2D eigenvalue weighted by Gasteiger charge is 2.28. The Balaban J connectivity index is 2.78. The van der Waals surface area contributed by atoms with Crippen molar-refractivity contribution in [2.24, 2.45) is 7.05 Å². The monoisotopic (exact) mass is 285 g/mol. The average molecular weight is 285 g/mol. The minimum absolute atomic E-state index is 0.131. The minimum atomic E-state index is -0.453. The molecular weight excluding hydrogens is 266 g/mol. The molecule has 21 heavy (non-hydrogen) atoms. The van der Waals surface area contributed by atoms with Crippen LogP contribution in [0.1, 0.15) is 40.3 Å². The number of rotatable bonds is 4. The number of hydrogen-bond acceptors (Lipinski definition) is 3. The third-order valence-corrected chi connectivity index (χ3v) is 3.57. The lowest BCUT2D eigenvalue weighted by molar-refractivity contribution is 0.0524. The van der Waals surface area contributed by atoms with Gasteiger partial charge in [-0.2, -0.15) is 0 Å². The normalized spacial score (nSPS) is 10.5. The molecule has 0 N–H and O–H groups in total. The van der Waals surface area contributed by atoms with E-state index >= 15 is 0 Å². The molecule has 0 saturated heterocycles. The Morgan fingerprint density at radius 1 is 1.14 bits per heavy atom. The molecule has 0 amide bonds. The Bertz CT molecular complexity index is 684. The molecular formula is C17H19NO3. The zero-order valence-corrected chi connectivity index (χ0v) is 12.8. The number of aromatic nitrogens is 1. The molecule has 1 aromatic heterocycles. The molecule has 1 heterocycles. The van der Waals surface area contributed by atoms with Crippen molar-refractivity contribution < 1.29 is 14.3 Å². The smallest absolute Gasteiger partial charge is 0.341 e. The molecule has 0 spiro atoms. The summed E-state index contributed by atoms with van der Waals surface area (Å²) in [6.45, 7) is 5.34. The molecule has 0 aliphatic heterocycles. The summed E-state index contributed by atoms with van der Waals surface area (Å²) < 4.78 is 7.02. The quantitative estimate of drug-likeness (QED) is 0.639. The summed E-state index contributed by atoms with van der Waals surface area (Å²) in [5, 5.41) is 0. The van der Waals surface area contributed by atoms with Gasteiger partial charge in [0, 0.05) is 12.7 Å². The van der Waals surface area contributed by atoms with E-state index in [0.29, 0.717) is 11.1 Å². The van der Waals surface area contributed by atoms with E-state index in [1.807, 2.05) is 48.9 Å². The van der Waals surface area contributed by atoms with Crippen LogP contribution in [-0.2, 0) is 11.8 Å². The Hall–Kier alpha value is -2.36. The van der Waals surface area contributed by atoms with Crippen LogP contribution in [0.5, 0.6) is 0 Å². The molecule has 4 nitrogen and oxygen atoms in total. The third kappa shape index (κ3) is 2.61. The first-order valence-corrected chi connectivity index (χ1v) is 6.91. The predicted molar refractivity (Wildman–Crippen MR) is 81.5 cm³/mol. The van der Waals surface area contributed by atoms with Crippen molar-refractivity contribution in [1.29, 1.82) is 0 Å². The molecule has 0 aliphatic rings.